The summed E-state index contributed by atoms with van der Waals surface area (Å²) >= 11 is 0. The maximum absolute atomic E-state index is 5.80. The van der Waals surface area contributed by atoms with Gasteiger partial charge in [0, 0.05) is 11.5 Å². The normalized spacial score (nSPS) is 12.2. The summed E-state index contributed by atoms with van der Waals surface area (Å²) in [4.78, 5) is 0. The zero-order chi connectivity index (χ0) is 12.0. The molecule has 0 heterocycles. The number of para-hydroxylation sites is 1. The van der Waals surface area contributed by atoms with Crippen molar-refractivity contribution in [2.45, 2.75) is 39.5 Å². The van der Waals surface area contributed by atoms with Crippen molar-refractivity contribution in [3.63, 3.8) is 0 Å². The molecule has 1 nitrogen and oxygen atoms in total. The molecular formula is C15H22O. The summed E-state index contributed by atoms with van der Waals surface area (Å²) in [5.74, 6) is 1.41. The molecule has 1 rings (SSSR count). The van der Waals surface area contributed by atoms with E-state index in [1.54, 1.807) is 0 Å². The largest absolute Gasteiger partial charge is 0.493 e. The number of benzene rings is 1. The van der Waals surface area contributed by atoms with Crippen molar-refractivity contribution in [1.29, 1.82) is 0 Å². The van der Waals surface area contributed by atoms with Crippen LogP contribution in [0.3, 0.4) is 0 Å². The Bertz CT molecular complexity index is 341. The smallest absolute Gasteiger partial charge is 0.126 e. The lowest BCUT2D eigenvalue weighted by Crippen LogP contribution is -2.02. The van der Waals surface area contributed by atoms with Crippen molar-refractivity contribution in [2.75, 3.05) is 6.61 Å². The van der Waals surface area contributed by atoms with Crippen molar-refractivity contribution in [3.05, 3.63) is 42.0 Å². The SMILES string of the molecule is C=CC(C)c1cccc(CCC)c1OCC. The number of hydrogen-bond acceptors (Lipinski definition) is 1. The summed E-state index contributed by atoms with van der Waals surface area (Å²) < 4.78 is 5.80. The molecule has 1 aromatic rings. The van der Waals surface area contributed by atoms with E-state index in [-0.39, 0.29) is 0 Å². The molecule has 0 fully saturated rings. The van der Waals surface area contributed by atoms with E-state index in [1.165, 1.54) is 11.1 Å². The summed E-state index contributed by atoms with van der Waals surface area (Å²) in [6, 6.07) is 6.41. The van der Waals surface area contributed by atoms with Gasteiger partial charge in [-0.1, -0.05) is 44.5 Å². The number of rotatable bonds is 6. The standard InChI is InChI=1S/C15H22O/c1-5-9-13-10-8-11-14(12(4)6-2)15(13)16-7-3/h6,8,10-12H,2,5,7,9H2,1,3-4H3. The van der Waals surface area contributed by atoms with Crippen LogP contribution in [0.2, 0.25) is 0 Å². The van der Waals surface area contributed by atoms with Crippen molar-refractivity contribution in [2.24, 2.45) is 0 Å². The van der Waals surface area contributed by atoms with Crippen LogP contribution in [-0.2, 0) is 6.42 Å². The Hall–Kier alpha value is -1.24. The lowest BCUT2D eigenvalue weighted by Gasteiger charge is -2.17. The molecular weight excluding hydrogens is 196 g/mol. The van der Waals surface area contributed by atoms with E-state index in [0.717, 1.165) is 25.2 Å². The Labute approximate surface area is 99.1 Å². The molecule has 1 unspecified atom stereocenters. The lowest BCUT2D eigenvalue weighted by atomic mass is 9.96. The Morgan fingerprint density at radius 1 is 1.38 bits per heavy atom. The van der Waals surface area contributed by atoms with Crippen LogP contribution in [0.15, 0.2) is 30.9 Å². The third kappa shape index (κ3) is 2.88. The molecule has 0 bridgehead atoms. The molecule has 0 aliphatic rings. The van der Waals surface area contributed by atoms with Crippen LogP contribution >= 0.6 is 0 Å². The molecule has 0 aliphatic heterocycles. The van der Waals surface area contributed by atoms with E-state index in [4.69, 9.17) is 4.74 Å². The third-order valence-corrected chi connectivity index (χ3v) is 2.78. The summed E-state index contributed by atoms with van der Waals surface area (Å²) in [6.45, 7) is 11.0. The van der Waals surface area contributed by atoms with Crippen molar-refractivity contribution in [3.8, 4) is 5.75 Å². The molecule has 0 amide bonds. The number of hydrogen-bond donors (Lipinski definition) is 0. The van der Waals surface area contributed by atoms with Crippen LogP contribution in [-0.4, -0.2) is 6.61 Å². The first-order valence-electron chi connectivity index (χ1n) is 6.11. The first kappa shape index (κ1) is 12.8. The molecule has 1 aromatic carbocycles. The van der Waals surface area contributed by atoms with Gasteiger partial charge in [0.1, 0.15) is 5.75 Å². The highest BCUT2D eigenvalue weighted by Gasteiger charge is 2.12. The average Bonchev–Trinajstić information content (AvgIpc) is 2.31. The molecule has 0 saturated carbocycles. The molecule has 0 radical (unpaired) electrons. The van der Waals surface area contributed by atoms with Crippen LogP contribution < -0.4 is 4.74 Å². The Morgan fingerprint density at radius 3 is 2.69 bits per heavy atom. The second-order valence-electron chi connectivity index (χ2n) is 4.04. The molecule has 0 N–H and O–H groups in total. The van der Waals surface area contributed by atoms with Crippen LogP contribution in [0.4, 0.5) is 0 Å². The first-order valence-corrected chi connectivity index (χ1v) is 6.11. The minimum Gasteiger partial charge on any atom is -0.493 e. The van der Waals surface area contributed by atoms with Gasteiger partial charge in [-0.3, -0.25) is 0 Å². The molecule has 0 spiro atoms. The van der Waals surface area contributed by atoms with E-state index in [2.05, 4.69) is 38.6 Å². The quantitative estimate of drug-likeness (QED) is 0.646. The van der Waals surface area contributed by atoms with E-state index >= 15 is 0 Å². The fourth-order valence-electron chi connectivity index (χ4n) is 1.88. The van der Waals surface area contributed by atoms with Gasteiger partial charge in [0.05, 0.1) is 6.61 Å². The van der Waals surface area contributed by atoms with E-state index in [0.29, 0.717) is 5.92 Å². The highest BCUT2D eigenvalue weighted by molar-refractivity contribution is 5.44. The van der Waals surface area contributed by atoms with E-state index in [9.17, 15) is 0 Å². The van der Waals surface area contributed by atoms with Crippen LogP contribution in [0.1, 0.15) is 44.2 Å². The Kier molecular flexibility index (Phi) is 5.10. The van der Waals surface area contributed by atoms with Gasteiger partial charge in [0.15, 0.2) is 0 Å². The maximum Gasteiger partial charge on any atom is 0.126 e. The van der Waals surface area contributed by atoms with Crippen LogP contribution in [0.25, 0.3) is 0 Å². The van der Waals surface area contributed by atoms with Gasteiger partial charge in [-0.25, -0.2) is 0 Å². The van der Waals surface area contributed by atoms with Crippen molar-refractivity contribution >= 4 is 0 Å². The van der Waals surface area contributed by atoms with Gasteiger partial charge in [0.2, 0.25) is 0 Å². The summed E-state index contributed by atoms with van der Waals surface area (Å²) in [7, 11) is 0. The summed E-state index contributed by atoms with van der Waals surface area (Å²) in [5, 5.41) is 0. The monoisotopic (exact) mass is 218 g/mol. The van der Waals surface area contributed by atoms with Gasteiger partial charge < -0.3 is 4.74 Å². The van der Waals surface area contributed by atoms with E-state index in [1.807, 2.05) is 13.0 Å². The van der Waals surface area contributed by atoms with Crippen LogP contribution in [0, 0.1) is 0 Å². The minimum atomic E-state index is 0.346. The summed E-state index contributed by atoms with van der Waals surface area (Å²) in [6.07, 6.45) is 4.19. The summed E-state index contributed by atoms with van der Waals surface area (Å²) in [5.41, 5.74) is 2.57. The van der Waals surface area contributed by atoms with Gasteiger partial charge in [-0.05, 0) is 18.9 Å². The molecule has 88 valence electrons. The lowest BCUT2D eigenvalue weighted by molar-refractivity contribution is 0.332. The maximum atomic E-state index is 5.80. The highest BCUT2D eigenvalue weighted by atomic mass is 16.5. The molecule has 0 aliphatic carbocycles. The van der Waals surface area contributed by atoms with Gasteiger partial charge in [-0.15, -0.1) is 6.58 Å². The fraction of sp³-hybridized carbons (Fsp3) is 0.467. The number of ether oxygens (including phenoxy) is 1. The Balaban J connectivity index is 3.14. The number of aryl methyl sites for hydroxylation is 1. The zero-order valence-corrected chi connectivity index (χ0v) is 10.6. The number of allylic oxidation sites excluding steroid dienone is 1. The topological polar surface area (TPSA) is 9.23 Å². The van der Waals surface area contributed by atoms with Crippen molar-refractivity contribution in [1.82, 2.24) is 0 Å². The highest BCUT2D eigenvalue weighted by Crippen LogP contribution is 2.31. The Morgan fingerprint density at radius 2 is 2.12 bits per heavy atom. The van der Waals surface area contributed by atoms with Crippen molar-refractivity contribution < 1.29 is 4.74 Å². The molecule has 1 heteroatoms. The fourth-order valence-corrected chi connectivity index (χ4v) is 1.88. The molecule has 0 saturated heterocycles. The van der Waals surface area contributed by atoms with Gasteiger partial charge in [-0.2, -0.15) is 0 Å². The third-order valence-electron chi connectivity index (χ3n) is 2.78. The predicted octanol–water partition coefficient (Wildman–Crippen LogP) is 4.33. The molecule has 0 aromatic heterocycles. The van der Waals surface area contributed by atoms with Gasteiger partial charge >= 0.3 is 0 Å². The molecule has 16 heavy (non-hydrogen) atoms. The van der Waals surface area contributed by atoms with Gasteiger partial charge in [0.25, 0.3) is 0 Å². The zero-order valence-electron chi connectivity index (χ0n) is 10.6. The van der Waals surface area contributed by atoms with Crippen LogP contribution in [0.5, 0.6) is 5.75 Å². The first-order chi connectivity index (χ1) is 7.74. The second-order valence-corrected chi connectivity index (χ2v) is 4.04. The average molecular weight is 218 g/mol. The molecule has 1 atom stereocenters. The minimum absolute atomic E-state index is 0.346. The second kappa shape index (κ2) is 6.37. The van der Waals surface area contributed by atoms with E-state index < -0.39 is 0 Å². The predicted molar refractivity (Wildman–Crippen MR) is 70.2 cm³/mol.